The minimum atomic E-state index is -3.32. The maximum absolute atomic E-state index is 12.6. The van der Waals surface area contributed by atoms with Crippen LogP contribution in [0.3, 0.4) is 0 Å². The first-order chi connectivity index (χ1) is 13.0. The second kappa shape index (κ2) is 8.95. The Morgan fingerprint density at radius 1 is 1.00 bits per heavy atom. The van der Waals surface area contributed by atoms with Crippen LogP contribution < -0.4 is 0 Å². The lowest BCUT2D eigenvalue weighted by Gasteiger charge is -2.34. The van der Waals surface area contributed by atoms with Crippen molar-refractivity contribution in [2.75, 3.05) is 26.2 Å². The number of rotatable bonds is 7. The summed E-state index contributed by atoms with van der Waals surface area (Å²) >= 11 is 0. The molecule has 3 rings (SSSR count). The molecular formula is C21H29N3O2S. The van der Waals surface area contributed by atoms with E-state index in [4.69, 9.17) is 0 Å². The van der Waals surface area contributed by atoms with Crippen LogP contribution in [0.1, 0.15) is 49.4 Å². The van der Waals surface area contributed by atoms with Gasteiger partial charge in [0.25, 0.3) is 10.2 Å². The summed E-state index contributed by atoms with van der Waals surface area (Å²) in [4.78, 5) is 4.67. The Labute approximate surface area is 163 Å². The fourth-order valence-electron chi connectivity index (χ4n) is 3.71. The van der Waals surface area contributed by atoms with Crippen LogP contribution in [0.15, 0.2) is 48.7 Å². The molecule has 2 heterocycles. The zero-order valence-electron chi connectivity index (χ0n) is 16.2. The number of piperidine rings is 1. The summed E-state index contributed by atoms with van der Waals surface area (Å²) in [6, 6.07) is 14.6. The highest BCUT2D eigenvalue weighted by atomic mass is 32.2. The molecule has 1 aromatic carbocycles. The maximum atomic E-state index is 12.6. The summed E-state index contributed by atoms with van der Waals surface area (Å²) < 4.78 is 28.4. The normalized spacial score (nSPS) is 16.7. The second-order valence-corrected chi connectivity index (χ2v) is 8.95. The standard InChI is InChI=1S/C21H29N3O2S/c1-3-23(4-2)27(25,26)24-14-12-20(13-15-24)21-11-10-19(17-22-21)16-18-8-6-5-7-9-18/h5-11,17,20H,3-4,12-16H2,1-2H3. The molecular weight excluding hydrogens is 358 g/mol. The topological polar surface area (TPSA) is 53.5 Å². The number of aromatic nitrogens is 1. The van der Waals surface area contributed by atoms with Crippen LogP contribution in [0.25, 0.3) is 0 Å². The van der Waals surface area contributed by atoms with Gasteiger partial charge >= 0.3 is 0 Å². The molecule has 0 N–H and O–H groups in total. The third kappa shape index (κ3) is 4.75. The third-order valence-electron chi connectivity index (χ3n) is 5.33. The Kier molecular flexibility index (Phi) is 6.63. The van der Waals surface area contributed by atoms with Crippen molar-refractivity contribution in [1.82, 2.24) is 13.6 Å². The number of nitrogens with zero attached hydrogens (tertiary/aromatic N) is 3. The molecule has 1 aliphatic rings. The van der Waals surface area contributed by atoms with Gasteiger partial charge in [-0.2, -0.15) is 17.0 Å². The molecule has 146 valence electrons. The van der Waals surface area contributed by atoms with E-state index >= 15 is 0 Å². The SMILES string of the molecule is CCN(CC)S(=O)(=O)N1CCC(c2ccc(Cc3ccccc3)cn2)CC1. The molecule has 1 saturated heterocycles. The molecule has 1 fully saturated rings. The number of benzene rings is 1. The molecule has 5 nitrogen and oxygen atoms in total. The van der Waals surface area contributed by atoms with E-state index in [2.05, 4.69) is 41.4 Å². The lowest BCUT2D eigenvalue weighted by molar-refractivity contribution is 0.289. The second-order valence-electron chi connectivity index (χ2n) is 7.02. The minimum Gasteiger partial charge on any atom is -0.261 e. The highest BCUT2D eigenvalue weighted by Crippen LogP contribution is 2.28. The van der Waals surface area contributed by atoms with E-state index in [1.54, 1.807) is 4.31 Å². The zero-order valence-corrected chi connectivity index (χ0v) is 17.0. The van der Waals surface area contributed by atoms with Crippen LogP contribution in [0, 0.1) is 0 Å². The van der Waals surface area contributed by atoms with Crippen LogP contribution >= 0.6 is 0 Å². The van der Waals surface area contributed by atoms with Gasteiger partial charge in [0.1, 0.15) is 0 Å². The molecule has 0 amide bonds. The molecule has 0 bridgehead atoms. The molecule has 0 radical (unpaired) electrons. The van der Waals surface area contributed by atoms with Gasteiger partial charge < -0.3 is 0 Å². The molecule has 0 spiro atoms. The Morgan fingerprint density at radius 3 is 2.22 bits per heavy atom. The quantitative estimate of drug-likeness (QED) is 0.731. The first kappa shape index (κ1) is 20.0. The van der Waals surface area contributed by atoms with Crippen molar-refractivity contribution in [3.05, 3.63) is 65.5 Å². The summed E-state index contributed by atoms with van der Waals surface area (Å²) in [6.07, 6.45) is 4.49. The Balaban J connectivity index is 1.60. The summed E-state index contributed by atoms with van der Waals surface area (Å²) in [7, 11) is -3.32. The van der Waals surface area contributed by atoms with E-state index in [0.29, 0.717) is 32.1 Å². The van der Waals surface area contributed by atoms with Gasteiger partial charge in [0, 0.05) is 44.0 Å². The molecule has 2 aromatic rings. The molecule has 27 heavy (non-hydrogen) atoms. The summed E-state index contributed by atoms with van der Waals surface area (Å²) in [5, 5.41) is 0. The van der Waals surface area contributed by atoms with Gasteiger partial charge in [-0.25, -0.2) is 0 Å². The van der Waals surface area contributed by atoms with Crippen molar-refractivity contribution < 1.29 is 8.42 Å². The van der Waals surface area contributed by atoms with Crippen molar-refractivity contribution in [2.24, 2.45) is 0 Å². The molecule has 0 saturated carbocycles. The smallest absolute Gasteiger partial charge is 0.261 e. The van der Waals surface area contributed by atoms with E-state index in [0.717, 1.165) is 25.0 Å². The van der Waals surface area contributed by atoms with E-state index < -0.39 is 10.2 Å². The molecule has 0 aliphatic carbocycles. The largest absolute Gasteiger partial charge is 0.281 e. The van der Waals surface area contributed by atoms with Crippen LogP contribution in [-0.4, -0.2) is 48.2 Å². The number of pyridine rings is 1. The van der Waals surface area contributed by atoms with E-state index in [9.17, 15) is 8.42 Å². The Bertz CT molecular complexity index is 810. The van der Waals surface area contributed by atoms with Crippen LogP contribution in [-0.2, 0) is 16.6 Å². The fraction of sp³-hybridized carbons (Fsp3) is 0.476. The maximum Gasteiger partial charge on any atom is 0.281 e. The van der Waals surface area contributed by atoms with Crippen molar-refractivity contribution in [3.8, 4) is 0 Å². The Hall–Kier alpha value is -1.76. The summed E-state index contributed by atoms with van der Waals surface area (Å²) in [6.45, 7) is 5.93. The predicted octanol–water partition coefficient (Wildman–Crippen LogP) is 3.44. The van der Waals surface area contributed by atoms with Gasteiger partial charge in [0.2, 0.25) is 0 Å². The monoisotopic (exact) mass is 387 g/mol. The van der Waals surface area contributed by atoms with Crippen molar-refractivity contribution in [3.63, 3.8) is 0 Å². The molecule has 6 heteroatoms. The van der Waals surface area contributed by atoms with Gasteiger partial charge in [0.15, 0.2) is 0 Å². The molecule has 1 aromatic heterocycles. The van der Waals surface area contributed by atoms with Crippen molar-refractivity contribution in [1.29, 1.82) is 0 Å². The van der Waals surface area contributed by atoms with Crippen molar-refractivity contribution in [2.45, 2.75) is 39.0 Å². The van der Waals surface area contributed by atoms with Crippen molar-refractivity contribution >= 4 is 10.2 Å². The molecule has 0 atom stereocenters. The first-order valence-corrected chi connectivity index (χ1v) is 11.2. The van der Waals surface area contributed by atoms with Gasteiger partial charge in [-0.05, 0) is 36.5 Å². The highest BCUT2D eigenvalue weighted by molar-refractivity contribution is 7.86. The van der Waals surface area contributed by atoms with E-state index in [1.807, 2.05) is 26.1 Å². The summed E-state index contributed by atoms with van der Waals surface area (Å²) in [5.74, 6) is 0.332. The van der Waals surface area contributed by atoms with E-state index in [-0.39, 0.29) is 0 Å². The lowest BCUT2D eigenvalue weighted by Crippen LogP contribution is -2.46. The lowest BCUT2D eigenvalue weighted by atomic mass is 9.93. The fourth-order valence-corrected chi connectivity index (χ4v) is 5.36. The van der Waals surface area contributed by atoms with Gasteiger partial charge in [0.05, 0.1) is 0 Å². The first-order valence-electron chi connectivity index (χ1n) is 9.78. The molecule has 1 aliphatic heterocycles. The predicted molar refractivity (Wildman–Crippen MR) is 109 cm³/mol. The highest BCUT2D eigenvalue weighted by Gasteiger charge is 2.32. The number of hydrogen-bond acceptors (Lipinski definition) is 3. The van der Waals surface area contributed by atoms with Crippen LogP contribution in [0.4, 0.5) is 0 Å². The molecule has 0 unspecified atom stereocenters. The van der Waals surface area contributed by atoms with Crippen LogP contribution in [0.5, 0.6) is 0 Å². The van der Waals surface area contributed by atoms with Gasteiger partial charge in [-0.3, -0.25) is 4.98 Å². The minimum absolute atomic E-state index is 0.332. The van der Waals surface area contributed by atoms with Gasteiger partial charge in [-0.1, -0.05) is 50.2 Å². The van der Waals surface area contributed by atoms with Crippen LogP contribution in [0.2, 0.25) is 0 Å². The van der Waals surface area contributed by atoms with E-state index in [1.165, 1.54) is 15.4 Å². The average molecular weight is 388 g/mol. The third-order valence-corrected chi connectivity index (χ3v) is 7.52. The summed E-state index contributed by atoms with van der Waals surface area (Å²) in [5.41, 5.74) is 3.56. The van der Waals surface area contributed by atoms with Gasteiger partial charge in [-0.15, -0.1) is 0 Å². The zero-order chi connectivity index (χ0) is 19.3. The Morgan fingerprint density at radius 2 is 1.67 bits per heavy atom. The average Bonchev–Trinajstić information content (AvgIpc) is 2.70. The number of hydrogen-bond donors (Lipinski definition) is 0.